The molecule has 0 radical (unpaired) electrons. The van der Waals surface area contributed by atoms with E-state index in [1.54, 1.807) is 0 Å². The average Bonchev–Trinajstić information content (AvgIpc) is 2.97. The number of carbonyl (C=O) groups is 2. The van der Waals surface area contributed by atoms with Crippen LogP contribution in [0.15, 0.2) is 34.3 Å². The van der Waals surface area contributed by atoms with E-state index in [0.717, 1.165) is 18.6 Å². The lowest BCUT2D eigenvalue weighted by atomic mass is 9.70. The van der Waals surface area contributed by atoms with Crippen molar-refractivity contribution in [1.82, 2.24) is 5.43 Å². The van der Waals surface area contributed by atoms with Gasteiger partial charge >= 0.3 is 5.97 Å². The minimum absolute atomic E-state index is 0.0211. The van der Waals surface area contributed by atoms with Gasteiger partial charge < -0.3 is 4.74 Å². The van der Waals surface area contributed by atoms with Gasteiger partial charge in [0.1, 0.15) is 0 Å². The summed E-state index contributed by atoms with van der Waals surface area (Å²) in [5, 5.41) is 9.31. The van der Waals surface area contributed by atoms with E-state index < -0.39 is 28.5 Å². The van der Waals surface area contributed by atoms with Gasteiger partial charge in [0.15, 0.2) is 6.61 Å². The Balaban J connectivity index is 1.54. The topological polar surface area (TPSA) is 128 Å². The summed E-state index contributed by atoms with van der Waals surface area (Å²) in [6.45, 7) is 6.21. The highest BCUT2D eigenvalue weighted by Gasteiger charge is 2.60. The molecular formula is C19H25N3O5S. The van der Waals surface area contributed by atoms with E-state index in [2.05, 4.69) is 31.3 Å². The Labute approximate surface area is 164 Å². The van der Waals surface area contributed by atoms with Crippen molar-refractivity contribution < 1.29 is 22.7 Å². The number of sulfonamides is 1. The molecule has 3 rings (SSSR count). The van der Waals surface area contributed by atoms with Crippen molar-refractivity contribution >= 4 is 27.6 Å². The number of amides is 1. The van der Waals surface area contributed by atoms with Crippen molar-refractivity contribution in [2.45, 2.75) is 44.9 Å². The van der Waals surface area contributed by atoms with Gasteiger partial charge in [-0.15, -0.1) is 0 Å². The van der Waals surface area contributed by atoms with Crippen LogP contribution in [0.4, 0.5) is 0 Å². The van der Waals surface area contributed by atoms with Crippen molar-refractivity contribution in [3.8, 4) is 0 Å². The fourth-order valence-corrected chi connectivity index (χ4v) is 4.77. The number of hydrogen-bond donors (Lipinski definition) is 2. The highest BCUT2D eigenvalue weighted by atomic mass is 32.2. The average molecular weight is 407 g/mol. The Morgan fingerprint density at radius 3 is 2.39 bits per heavy atom. The van der Waals surface area contributed by atoms with Crippen molar-refractivity contribution in [3.05, 3.63) is 29.8 Å². The molecule has 2 atom stereocenters. The molecule has 0 aromatic heterocycles. The van der Waals surface area contributed by atoms with Crippen LogP contribution in [0.5, 0.6) is 0 Å². The Bertz CT molecular complexity index is 937. The van der Waals surface area contributed by atoms with Crippen LogP contribution in [-0.4, -0.2) is 32.6 Å². The van der Waals surface area contributed by atoms with Crippen LogP contribution in [0.25, 0.3) is 0 Å². The number of fused-ring (bicyclic) bond motifs is 2. The summed E-state index contributed by atoms with van der Waals surface area (Å²) in [6.07, 6.45) is 3.11. The number of primary sulfonamides is 1. The minimum Gasteiger partial charge on any atom is -0.452 e. The Hall–Kier alpha value is -2.26. The Morgan fingerprint density at radius 1 is 1.25 bits per heavy atom. The largest absolute Gasteiger partial charge is 0.452 e. The number of nitrogens with two attached hydrogens (primary N) is 1. The standard InChI is InChI=1S/C19H25N3O5S/c1-18(2)13-8-9-19(18,3)15(10-13)21-22-16(23)11-27-17(24)12-4-6-14(7-5-12)28(20,25)26/h4-7,13H,8-11H2,1-3H3,(H,22,23)(H2,20,25,26)/b21-15-. The summed E-state index contributed by atoms with van der Waals surface area (Å²) in [5.74, 6) is -0.686. The van der Waals surface area contributed by atoms with Gasteiger partial charge in [-0.05, 0) is 54.9 Å². The molecule has 2 bridgehead atoms. The second-order valence-corrected chi connectivity index (χ2v) is 9.79. The molecule has 28 heavy (non-hydrogen) atoms. The maximum atomic E-state index is 12.0. The van der Waals surface area contributed by atoms with Crippen LogP contribution in [0.3, 0.4) is 0 Å². The van der Waals surface area contributed by atoms with Gasteiger partial charge in [0.2, 0.25) is 10.0 Å². The molecule has 1 aromatic rings. The highest BCUT2D eigenvalue weighted by Crippen LogP contribution is 2.63. The lowest BCUT2D eigenvalue weighted by Gasteiger charge is -2.34. The first-order chi connectivity index (χ1) is 12.9. The summed E-state index contributed by atoms with van der Waals surface area (Å²) in [7, 11) is -3.83. The molecule has 2 fully saturated rings. The van der Waals surface area contributed by atoms with Gasteiger partial charge in [0.05, 0.1) is 10.5 Å². The highest BCUT2D eigenvalue weighted by molar-refractivity contribution is 7.89. The van der Waals surface area contributed by atoms with Crippen molar-refractivity contribution in [1.29, 1.82) is 0 Å². The van der Waals surface area contributed by atoms with E-state index in [-0.39, 0.29) is 21.3 Å². The lowest BCUT2D eigenvalue weighted by Crippen LogP contribution is -2.34. The number of rotatable bonds is 5. The monoisotopic (exact) mass is 407 g/mol. The first-order valence-corrected chi connectivity index (χ1v) is 10.7. The zero-order valence-electron chi connectivity index (χ0n) is 16.2. The van der Waals surface area contributed by atoms with Crippen molar-refractivity contribution in [3.63, 3.8) is 0 Å². The van der Waals surface area contributed by atoms with Gasteiger partial charge in [-0.2, -0.15) is 5.10 Å². The smallest absolute Gasteiger partial charge is 0.338 e. The molecule has 0 spiro atoms. The van der Waals surface area contributed by atoms with Gasteiger partial charge in [0.25, 0.3) is 5.91 Å². The van der Waals surface area contributed by atoms with Crippen LogP contribution in [0, 0.1) is 16.7 Å². The third-order valence-corrected chi connectivity index (χ3v) is 7.51. The molecule has 3 N–H and O–H groups in total. The predicted molar refractivity (Wildman–Crippen MR) is 103 cm³/mol. The van der Waals surface area contributed by atoms with Gasteiger partial charge in [-0.25, -0.2) is 23.8 Å². The van der Waals surface area contributed by atoms with E-state index >= 15 is 0 Å². The fraction of sp³-hybridized carbons (Fsp3) is 0.526. The maximum Gasteiger partial charge on any atom is 0.338 e. The molecule has 2 saturated carbocycles. The predicted octanol–water partition coefficient (Wildman–Crippen LogP) is 1.81. The molecule has 0 aliphatic heterocycles. The molecule has 0 saturated heterocycles. The maximum absolute atomic E-state index is 12.0. The second kappa shape index (κ2) is 6.97. The number of carbonyl (C=O) groups excluding carboxylic acids is 2. The SMILES string of the molecule is CC12CCC(C/C1=N/NC(=O)COC(=O)c1ccc(S(N)(=O)=O)cc1)C2(C)C. The summed E-state index contributed by atoms with van der Waals surface area (Å²) in [6, 6.07) is 4.96. The van der Waals surface area contributed by atoms with Crippen molar-refractivity contribution in [2.24, 2.45) is 27.0 Å². The molecule has 0 heterocycles. The molecule has 9 heteroatoms. The first kappa shape index (κ1) is 20.5. The lowest BCUT2D eigenvalue weighted by molar-refractivity contribution is -0.124. The first-order valence-electron chi connectivity index (χ1n) is 9.11. The molecule has 2 aliphatic carbocycles. The molecular weight excluding hydrogens is 382 g/mol. The van der Waals surface area contributed by atoms with Crippen molar-refractivity contribution in [2.75, 3.05) is 6.61 Å². The molecule has 8 nitrogen and oxygen atoms in total. The summed E-state index contributed by atoms with van der Waals surface area (Å²) >= 11 is 0. The Kier molecular flexibility index (Phi) is 5.09. The number of ether oxygens (including phenoxy) is 1. The van der Waals surface area contributed by atoms with Crippen LogP contribution in [0.2, 0.25) is 0 Å². The Morgan fingerprint density at radius 2 is 1.89 bits per heavy atom. The number of nitrogens with zero attached hydrogens (tertiary/aromatic N) is 1. The third kappa shape index (κ3) is 3.56. The van der Waals surface area contributed by atoms with E-state index in [9.17, 15) is 18.0 Å². The zero-order chi connectivity index (χ0) is 20.7. The van der Waals surface area contributed by atoms with E-state index in [1.165, 1.54) is 30.7 Å². The summed E-state index contributed by atoms with van der Waals surface area (Å²) in [4.78, 5) is 23.9. The number of hydrogen-bond acceptors (Lipinski definition) is 6. The number of hydrazone groups is 1. The molecule has 152 valence electrons. The van der Waals surface area contributed by atoms with Crippen LogP contribution in [0.1, 0.15) is 50.4 Å². The van der Waals surface area contributed by atoms with Gasteiger partial charge in [-0.3, -0.25) is 4.79 Å². The van der Waals surface area contributed by atoms with E-state index in [4.69, 9.17) is 9.88 Å². The van der Waals surface area contributed by atoms with E-state index in [1.807, 2.05) is 0 Å². The fourth-order valence-electron chi connectivity index (χ4n) is 4.25. The van der Waals surface area contributed by atoms with Gasteiger partial charge in [-0.1, -0.05) is 20.8 Å². The van der Waals surface area contributed by atoms with Crippen LogP contribution in [-0.2, 0) is 19.6 Å². The third-order valence-electron chi connectivity index (χ3n) is 6.58. The molecule has 2 aliphatic rings. The molecule has 1 amide bonds. The number of esters is 1. The quantitative estimate of drug-likeness (QED) is 0.568. The number of nitrogens with one attached hydrogen (secondary N) is 1. The van der Waals surface area contributed by atoms with Crippen LogP contribution < -0.4 is 10.6 Å². The zero-order valence-corrected chi connectivity index (χ0v) is 17.0. The molecule has 1 aromatic carbocycles. The number of benzene rings is 1. The minimum atomic E-state index is -3.83. The summed E-state index contributed by atoms with van der Waals surface area (Å²) in [5.41, 5.74) is 3.73. The second-order valence-electron chi connectivity index (χ2n) is 8.23. The molecule has 2 unspecified atom stereocenters. The van der Waals surface area contributed by atoms with Gasteiger partial charge in [0, 0.05) is 11.1 Å². The summed E-state index contributed by atoms with van der Waals surface area (Å²) < 4.78 is 27.4. The van der Waals surface area contributed by atoms with E-state index in [0.29, 0.717) is 5.92 Å². The normalized spacial score (nSPS) is 27.0. The van der Waals surface area contributed by atoms with Crippen LogP contribution >= 0.6 is 0 Å².